The molecule has 0 aliphatic rings. The highest BCUT2D eigenvalue weighted by atomic mass is 16.3. The Morgan fingerprint density at radius 2 is 2.33 bits per heavy atom. The second-order valence-electron chi connectivity index (χ2n) is 3.36. The monoisotopic (exact) mass is 203 g/mol. The van der Waals surface area contributed by atoms with Crippen LogP contribution >= 0.6 is 0 Å². The molecule has 0 aliphatic heterocycles. The molecule has 2 aromatic rings. The van der Waals surface area contributed by atoms with Gasteiger partial charge in [-0.1, -0.05) is 12.1 Å². The van der Waals surface area contributed by atoms with E-state index in [2.05, 4.69) is 12.0 Å². The fourth-order valence-electron chi connectivity index (χ4n) is 1.62. The second kappa shape index (κ2) is 3.47. The minimum atomic E-state index is -0.940. The molecule has 4 heteroatoms. The summed E-state index contributed by atoms with van der Waals surface area (Å²) in [5.74, 6) is -0.0151. The van der Waals surface area contributed by atoms with Crippen LogP contribution in [-0.2, 0) is 0 Å². The van der Waals surface area contributed by atoms with E-state index in [9.17, 15) is 9.90 Å². The lowest BCUT2D eigenvalue weighted by atomic mass is 10.1. The van der Waals surface area contributed by atoms with Gasteiger partial charge in [0.2, 0.25) is 0 Å². The lowest BCUT2D eigenvalue weighted by Gasteiger charge is -2.06. The van der Waals surface area contributed by atoms with Crippen LogP contribution in [0.2, 0.25) is 0 Å². The molecule has 0 saturated carbocycles. The molecule has 1 unspecified atom stereocenters. The molecule has 1 heterocycles. The minimum absolute atomic E-state index is 0.0151. The summed E-state index contributed by atoms with van der Waals surface area (Å²) in [7, 11) is 0. The molecule has 4 nitrogen and oxygen atoms in total. The van der Waals surface area contributed by atoms with Crippen molar-refractivity contribution >= 4 is 16.7 Å². The summed E-state index contributed by atoms with van der Waals surface area (Å²) < 4.78 is 1.38. The molecular weight excluding hydrogens is 192 g/mol. The lowest BCUT2D eigenvalue weighted by molar-refractivity contribution is 0.101. The van der Waals surface area contributed by atoms with Gasteiger partial charge in [0.05, 0.1) is 11.7 Å². The van der Waals surface area contributed by atoms with Crippen LogP contribution in [0.1, 0.15) is 23.5 Å². The maximum absolute atomic E-state index is 11.3. The van der Waals surface area contributed by atoms with Crippen LogP contribution in [-0.4, -0.2) is 20.7 Å². The number of rotatable bonds is 2. The van der Waals surface area contributed by atoms with E-state index in [1.54, 1.807) is 24.4 Å². The number of ketones is 1. The fraction of sp³-hybridized carbons (Fsp3) is 0.182. The molecule has 1 radical (unpaired) electrons. The number of hydrogen-bond donors (Lipinski definition) is 1. The van der Waals surface area contributed by atoms with Gasteiger partial charge in [0.15, 0.2) is 5.78 Å². The van der Waals surface area contributed by atoms with Gasteiger partial charge in [-0.15, -0.1) is 0 Å². The Morgan fingerprint density at radius 1 is 1.60 bits per heavy atom. The number of hydrogen-bond acceptors (Lipinski definition) is 3. The number of nitrogens with zero attached hydrogens (tertiary/aromatic N) is 2. The first-order valence-corrected chi connectivity index (χ1v) is 4.59. The molecule has 1 N–H and O–H groups in total. The molecule has 1 aromatic carbocycles. The standard InChI is InChI=1S/C11H11N2O2/c1-7(14)9-4-3-5-11-10(9)6-12-13(11)8(2)15/h3-6,8,15H,2H2,1H3. The molecular formula is C11H11N2O2. The number of Topliss-reactive ketones (excluding diaryl/α,β-unsaturated/α-hetero) is 1. The van der Waals surface area contributed by atoms with Gasteiger partial charge in [-0.05, 0) is 19.9 Å². The molecule has 1 aromatic heterocycles. The van der Waals surface area contributed by atoms with E-state index in [1.807, 2.05) is 0 Å². The van der Waals surface area contributed by atoms with E-state index < -0.39 is 6.23 Å². The Hall–Kier alpha value is -1.68. The van der Waals surface area contributed by atoms with Crippen LogP contribution < -0.4 is 0 Å². The summed E-state index contributed by atoms with van der Waals surface area (Å²) in [6.07, 6.45) is 0.630. The van der Waals surface area contributed by atoms with Crippen molar-refractivity contribution in [3.63, 3.8) is 0 Å². The molecule has 77 valence electrons. The van der Waals surface area contributed by atoms with Gasteiger partial charge in [-0.3, -0.25) is 4.79 Å². The van der Waals surface area contributed by atoms with Crippen molar-refractivity contribution in [2.24, 2.45) is 0 Å². The van der Waals surface area contributed by atoms with Crippen LogP contribution in [0.4, 0.5) is 0 Å². The minimum Gasteiger partial charge on any atom is -0.372 e. The normalized spacial score (nSPS) is 13.0. The van der Waals surface area contributed by atoms with Gasteiger partial charge in [-0.25, -0.2) is 4.68 Å². The van der Waals surface area contributed by atoms with Crippen molar-refractivity contribution in [2.45, 2.75) is 13.2 Å². The van der Waals surface area contributed by atoms with Crippen LogP contribution in [0, 0.1) is 6.92 Å². The Morgan fingerprint density at radius 3 is 2.93 bits per heavy atom. The first kappa shape index (κ1) is 9.86. The number of fused-ring (bicyclic) bond motifs is 1. The van der Waals surface area contributed by atoms with E-state index in [0.717, 1.165) is 5.39 Å². The maximum Gasteiger partial charge on any atom is 0.160 e. The van der Waals surface area contributed by atoms with Crippen LogP contribution in [0.25, 0.3) is 10.9 Å². The summed E-state index contributed by atoms with van der Waals surface area (Å²) in [6.45, 7) is 4.98. The zero-order valence-electron chi connectivity index (χ0n) is 8.34. The molecule has 0 bridgehead atoms. The summed E-state index contributed by atoms with van der Waals surface area (Å²) >= 11 is 0. The third kappa shape index (κ3) is 1.53. The van der Waals surface area contributed by atoms with Crippen molar-refractivity contribution in [1.29, 1.82) is 0 Å². The van der Waals surface area contributed by atoms with E-state index in [4.69, 9.17) is 0 Å². The summed E-state index contributed by atoms with van der Waals surface area (Å²) in [6, 6.07) is 5.30. The van der Waals surface area contributed by atoms with Gasteiger partial charge < -0.3 is 5.11 Å². The average molecular weight is 203 g/mol. The molecule has 0 saturated heterocycles. The van der Waals surface area contributed by atoms with Crippen molar-refractivity contribution in [3.05, 3.63) is 36.9 Å². The molecule has 0 aliphatic carbocycles. The number of carbonyl (C=O) groups is 1. The number of benzene rings is 1. The average Bonchev–Trinajstić information content (AvgIpc) is 2.59. The third-order valence-corrected chi connectivity index (χ3v) is 2.30. The largest absolute Gasteiger partial charge is 0.372 e. The van der Waals surface area contributed by atoms with E-state index >= 15 is 0 Å². The van der Waals surface area contributed by atoms with Crippen LogP contribution in [0.3, 0.4) is 0 Å². The molecule has 0 amide bonds. The van der Waals surface area contributed by atoms with Crippen molar-refractivity contribution < 1.29 is 9.90 Å². The van der Waals surface area contributed by atoms with Gasteiger partial charge in [0, 0.05) is 10.9 Å². The number of aliphatic hydroxyl groups is 1. The predicted octanol–water partition coefficient (Wildman–Crippen LogP) is 1.56. The lowest BCUT2D eigenvalue weighted by Crippen LogP contribution is -2.05. The smallest absolute Gasteiger partial charge is 0.160 e. The highest BCUT2D eigenvalue weighted by Gasteiger charge is 2.11. The zero-order chi connectivity index (χ0) is 11.0. The quantitative estimate of drug-likeness (QED) is 0.753. The third-order valence-electron chi connectivity index (χ3n) is 2.30. The highest BCUT2D eigenvalue weighted by Crippen LogP contribution is 2.20. The molecule has 0 spiro atoms. The first-order chi connectivity index (χ1) is 7.11. The van der Waals surface area contributed by atoms with E-state index in [0.29, 0.717) is 11.1 Å². The summed E-state index contributed by atoms with van der Waals surface area (Å²) in [5.41, 5.74) is 1.32. The number of aliphatic hydroxyl groups excluding tert-OH is 1. The Balaban J connectivity index is 2.74. The van der Waals surface area contributed by atoms with Crippen molar-refractivity contribution in [2.75, 3.05) is 0 Å². The molecule has 2 rings (SSSR count). The second-order valence-corrected chi connectivity index (χ2v) is 3.36. The Kier molecular flexibility index (Phi) is 2.28. The van der Waals surface area contributed by atoms with Gasteiger partial charge in [0.25, 0.3) is 0 Å². The van der Waals surface area contributed by atoms with Crippen molar-refractivity contribution in [1.82, 2.24) is 9.78 Å². The van der Waals surface area contributed by atoms with Crippen molar-refractivity contribution in [3.8, 4) is 0 Å². The van der Waals surface area contributed by atoms with Crippen LogP contribution in [0.15, 0.2) is 24.4 Å². The number of carbonyl (C=O) groups excluding carboxylic acids is 1. The molecule has 15 heavy (non-hydrogen) atoms. The SMILES string of the molecule is [CH2]C(O)n1ncc2c(C(C)=O)cccc21. The van der Waals surface area contributed by atoms with Crippen LogP contribution in [0.5, 0.6) is 0 Å². The maximum atomic E-state index is 11.3. The Labute approximate surface area is 87.1 Å². The van der Waals surface area contributed by atoms with Gasteiger partial charge in [0.1, 0.15) is 6.23 Å². The predicted molar refractivity (Wildman–Crippen MR) is 56.4 cm³/mol. The fourth-order valence-corrected chi connectivity index (χ4v) is 1.62. The highest BCUT2D eigenvalue weighted by molar-refractivity contribution is 6.06. The summed E-state index contributed by atoms with van der Waals surface area (Å²) in [4.78, 5) is 11.3. The molecule has 1 atom stereocenters. The van der Waals surface area contributed by atoms with Gasteiger partial charge in [-0.2, -0.15) is 5.10 Å². The topological polar surface area (TPSA) is 55.1 Å². The summed E-state index contributed by atoms with van der Waals surface area (Å²) in [5, 5.41) is 14.1. The van der Waals surface area contributed by atoms with E-state index in [-0.39, 0.29) is 5.78 Å². The number of aromatic nitrogens is 2. The van der Waals surface area contributed by atoms with E-state index in [1.165, 1.54) is 11.6 Å². The van der Waals surface area contributed by atoms with Gasteiger partial charge >= 0.3 is 0 Å². The zero-order valence-corrected chi connectivity index (χ0v) is 8.34. The molecule has 0 fully saturated rings. The first-order valence-electron chi connectivity index (χ1n) is 4.59. The Bertz CT molecular complexity index is 514.